The fraction of sp³-hybridized carbons (Fsp3) is 0.375. The smallest absolute Gasteiger partial charge is 0.295 e. The van der Waals surface area contributed by atoms with E-state index in [0.717, 1.165) is 19.4 Å². The number of hydrogen-bond acceptors (Lipinski definition) is 5. The number of benzene rings is 1. The van der Waals surface area contributed by atoms with Gasteiger partial charge in [-0.2, -0.15) is 0 Å². The molecule has 1 aromatic carbocycles. The summed E-state index contributed by atoms with van der Waals surface area (Å²) in [5.41, 5.74) is 0.996. The monoisotopic (exact) mass is 423 g/mol. The van der Waals surface area contributed by atoms with Crippen LogP contribution in [0.3, 0.4) is 0 Å². The molecule has 0 spiro atoms. The van der Waals surface area contributed by atoms with Crippen LogP contribution in [0.25, 0.3) is 5.76 Å². The van der Waals surface area contributed by atoms with E-state index >= 15 is 0 Å². The van der Waals surface area contributed by atoms with Gasteiger partial charge in [0.1, 0.15) is 5.75 Å². The lowest BCUT2D eigenvalue weighted by Gasteiger charge is -2.27. The van der Waals surface area contributed by atoms with Crippen LogP contribution < -0.4 is 14.7 Å². The molecule has 164 valence electrons. The molecular formula is C24H29N3O4. The predicted molar refractivity (Wildman–Crippen MR) is 115 cm³/mol. The molecule has 1 unspecified atom stereocenters. The maximum Gasteiger partial charge on any atom is 0.295 e. The lowest BCUT2D eigenvalue weighted by Crippen LogP contribution is -3.05. The van der Waals surface area contributed by atoms with Gasteiger partial charge < -0.3 is 19.6 Å². The molecule has 0 radical (unpaired) electrons. The summed E-state index contributed by atoms with van der Waals surface area (Å²) in [6.07, 6.45) is 4.84. The second-order valence-electron chi connectivity index (χ2n) is 7.94. The molecule has 1 aliphatic rings. The van der Waals surface area contributed by atoms with Crippen LogP contribution in [-0.4, -0.2) is 55.4 Å². The SMILES string of the molecule is CCCOc1ccc(/C([O-])=C2\C(=O)C(=O)N(CCC[NH+](C)C)C2c2cccnc2)cc1. The highest BCUT2D eigenvalue weighted by molar-refractivity contribution is 6.46. The van der Waals surface area contributed by atoms with Crippen molar-refractivity contribution in [2.75, 3.05) is 33.8 Å². The number of ketones is 1. The Morgan fingerprint density at radius 3 is 2.55 bits per heavy atom. The minimum atomic E-state index is -0.734. The molecular weight excluding hydrogens is 394 g/mol. The number of pyridine rings is 1. The van der Waals surface area contributed by atoms with Gasteiger partial charge in [-0.25, -0.2) is 0 Å². The van der Waals surface area contributed by atoms with Crippen LogP contribution in [0.1, 0.15) is 36.9 Å². The van der Waals surface area contributed by atoms with Crippen LogP contribution in [0.2, 0.25) is 0 Å². The molecule has 1 saturated heterocycles. The van der Waals surface area contributed by atoms with Gasteiger partial charge in [0, 0.05) is 30.9 Å². The van der Waals surface area contributed by atoms with Crippen molar-refractivity contribution in [1.82, 2.24) is 9.88 Å². The zero-order chi connectivity index (χ0) is 22.4. The molecule has 7 heteroatoms. The molecule has 7 nitrogen and oxygen atoms in total. The summed E-state index contributed by atoms with van der Waals surface area (Å²) >= 11 is 0. The van der Waals surface area contributed by atoms with E-state index in [1.165, 1.54) is 9.80 Å². The van der Waals surface area contributed by atoms with Gasteiger partial charge in [-0.05, 0) is 35.7 Å². The van der Waals surface area contributed by atoms with E-state index in [-0.39, 0.29) is 5.57 Å². The molecule has 2 heterocycles. The number of nitrogens with zero attached hydrogens (tertiary/aromatic N) is 2. The normalized spacial score (nSPS) is 18.1. The Bertz CT molecular complexity index is 939. The Labute approximate surface area is 183 Å². The van der Waals surface area contributed by atoms with Crippen LogP contribution in [-0.2, 0) is 9.59 Å². The first-order valence-corrected chi connectivity index (χ1v) is 10.6. The molecule has 1 N–H and O–H groups in total. The topological polar surface area (TPSA) is 87.0 Å². The molecule has 1 fully saturated rings. The quantitative estimate of drug-likeness (QED) is 0.363. The fourth-order valence-corrected chi connectivity index (χ4v) is 3.67. The Morgan fingerprint density at radius 2 is 1.94 bits per heavy atom. The third-order valence-corrected chi connectivity index (χ3v) is 5.19. The molecule has 1 atom stereocenters. The van der Waals surface area contributed by atoms with Crippen molar-refractivity contribution in [1.29, 1.82) is 0 Å². The number of hydrogen-bond donors (Lipinski definition) is 1. The lowest BCUT2D eigenvalue weighted by atomic mass is 9.96. The van der Waals surface area contributed by atoms with Gasteiger partial charge in [0.05, 0.1) is 33.3 Å². The highest BCUT2D eigenvalue weighted by Crippen LogP contribution is 2.38. The number of rotatable bonds is 9. The minimum Gasteiger partial charge on any atom is -0.872 e. The first-order valence-electron chi connectivity index (χ1n) is 10.6. The van der Waals surface area contributed by atoms with E-state index in [1.54, 1.807) is 48.8 Å². The first-order chi connectivity index (χ1) is 14.9. The molecule has 31 heavy (non-hydrogen) atoms. The predicted octanol–water partition coefficient (Wildman–Crippen LogP) is 0.629. The fourth-order valence-electron chi connectivity index (χ4n) is 3.67. The molecule has 3 rings (SSSR count). The van der Waals surface area contributed by atoms with E-state index in [9.17, 15) is 14.7 Å². The highest BCUT2D eigenvalue weighted by atomic mass is 16.5. The summed E-state index contributed by atoms with van der Waals surface area (Å²) < 4.78 is 5.57. The molecule has 1 aliphatic heterocycles. The van der Waals surface area contributed by atoms with Crippen LogP contribution in [0.5, 0.6) is 5.75 Å². The number of ether oxygens (including phenoxy) is 1. The van der Waals surface area contributed by atoms with Crippen molar-refractivity contribution < 1.29 is 24.3 Å². The zero-order valence-corrected chi connectivity index (χ0v) is 18.3. The van der Waals surface area contributed by atoms with Crippen molar-refractivity contribution in [2.45, 2.75) is 25.8 Å². The van der Waals surface area contributed by atoms with Crippen molar-refractivity contribution >= 4 is 17.4 Å². The summed E-state index contributed by atoms with van der Waals surface area (Å²) in [5.74, 6) is -1.14. The van der Waals surface area contributed by atoms with Gasteiger partial charge in [0.25, 0.3) is 5.91 Å². The minimum absolute atomic E-state index is 0.0163. The Morgan fingerprint density at radius 1 is 1.19 bits per heavy atom. The molecule has 0 saturated carbocycles. The van der Waals surface area contributed by atoms with E-state index in [0.29, 0.717) is 30.0 Å². The summed E-state index contributed by atoms with van der Waals surface area (Å²) in [4.78, 5) is 32.7. The molecule has 2 aromatic rings. The number of likely N-dealkylation sites (tertiary alicyclic amines) is 1. The average molecular weight is 424 g/mol. The standard InChI is InChI=1S/C24H29N3O4/c1-4-15-31-19-10-8-17(9-11-19)22(28)20-21(18-7-5-12-25-16-18)27(24(30)23(20)29)14-6-13-26(2)3/h5,7-12,16,21,28H,4,6,13-15H2,1-3H3/b22-20+. The van der Waals surface area contributed by atoms with Gasteiger partial charge in [-0.1, -0.05) is 30.9 Å². The molecule has 1 aromatic heterocycles. The summed E-state index contributed by atoms with van der Waals surface area (Å²) in [5, 5.41) is 13.3. The number of amides is 1. The maximum atomic E-state index is 13.3. The number of quaternary nitrogens is 1. The summed E-state index contributed by atoms with van der Waals surface area (Å²) in [6.45, 7) is 3.85. The summed E-state index contributed by atoms with van der Waals surface area (Å²) in [7, 11) is 4.06. The van der Waals surface area contributed by atoms with Crippen LogP contribution in [0.15, 0.2) is 54.4 Å². The van der Waals surface area contributed by atoms with Gasteiger partial charge in [0.15, 0.2) is 0 Å². The van der Waals surface area contributed by atoms with Gasteiger partial charge in [-0.3, -0.25) is 14.6 Å². The molecule has 0 bridgehead atoms. The Balaban J connectivity index is 1.99. The number of carbonyl (C=O) groups excluding carboxylic acids is 2. The van der Waals surface area contributed by atoms with Gasteiger partial charge >= 0.3 is 0 Å². The Kier molecular flexibility index (Phi) is 7.41. The second-order valence-corrected chi connectivity index (χ2v) is 7.94. The summed E-state index contributed by atoms with van der Waals surface area (Å²) in [6, 6.07) is 9.50. The molecule has 1 amide bonds. The second kappa shape index (κ2) is 10.2. The van der Waals surface area contributed by atoms with E-state index < -0.39 is 23.5 Å². The highest BCUT2D eigenvalue weighted by Gasteiger charge is 2.44. The lowest BCUT2D eigenvalue weighted by molar-refractivity contribution is -0.858. The van der Waals surface area contributed by atoms with Crippen LogP contribution in [0.4, 0.5) is 0 Å². The van der Waals surface area contributed by atoms with Crippen molar-refractivity contribution in [2.24, 2.45) is 0 Å². The van der Waals surface area contributed by atoms with E-state index in [1.807, 2.05) is 21.0 Å². The first kappa shape index (κ1) is 22.5. The van der Waals surface area contributed by atoms with E-state index in [2.05, 4.69) is 4.98 Å². The van der Waals surface area contributed by atoms with Crippen molar-refractivity contribution in [3.05, 3.63) is 65.5 Å². The van der Waals surface area contributed by atoms with Crippen molar-refractivity contribution in [3.8, 4) is 5.75 Å². The third-order valence-electron chi connectivity index (χ3n) is 5.19. The maximum absolute atomic E-state index is 13.3. The number of nitrogens with one attached hydrogen (secondary N) is 1. The largest absolute Gasteiger partial charge is 0.872 e. The average Bonchev–Trinajstić information content (AvgIpc) is 3.03. The van der Waals surface area contributed by atoms with E-state index in [4.69, 9.17) is 4.74 Å². The Hall–Kier alpha value is -3.19. The zero-order valence-electron chi connectivity index (χ0n) is 18.3. The molecule has 0 aliphatic carbocycles. The van der Waals surface area contributed by atoms with Gasteiger partial charge in [-0.15, -0.1) is 0 Å². The van der Waals surface area contributed by atoms with Crippen LogP contribution >= 0.6 is 0 Å². The third kappa shape index (κ3) is 5.11. The van der Waals surface area contributed by atoms with Crippen LogP contribution in [0, 0.1) is 0 Å². The van der Waals surface area contributed by atoms with Crippen molar-refractivity contribution in [3.63, 3.8) is 0 Å². The number of carbonyl (C=O) groups is 2. The number of Topliss-reactive ketones (excluding diaryl/α,β-unsaturated/α-hetero) is 1. The van der Waals surface area contributed by atoms with Gasteiger partial charge in [0.2, 0.25) is 5.78 Å². The number of aromatic nitrogens is 1.